The van der Waals surface area contributed by atoms with Crippen molar-refractivity contribution in [2.75, 3.05) is 16.6 Å². The molecule has 1 fully saturated rings. The largest absolute Gasteiger partial charge is 0.504 e. The Kier molecular flexibility index (Phi) is 5.78. The van der Waals surface area contributed by atoms with Crippen molar-refractivity contribution in [3.63, 3.8) is 0 Å². The van der Waals surface area contributed by atoms with E-state index in [2.05, 4.69) is 37.9 Å². The van der Waals surface area contributed by atoms with Crippen LogP contribution < -0.4 is 9.62 Å². The van der Waals surface area contributed by atoms with Crippen LogP contribution in [-0.4, -0.2) is 41.7 Å². The van der Waals surface area contributed by atoms with Crippen molar-refractivity contribution in [1.82, 2.24) is 15.3 Å². The Hall–Kier alpha value is -2.47. The number of aromatic hydroxyl groups is 1. The van der Waals surface area contributed by atoms with E-state index in [1.807, 2.05) is 24.3 Å². The molecule has 1 aliphatic rings. The maximum Gasteiger partial charge on any atom is 0.274 e. The smallest absolute Gasteiger partial charge is 0.274 e. The minimum Gasteiger partial charge on any atom is -0.504 e. The molecular formula is C20H19IN4O4S. The molecule has 2 aromatic heterocycles. The van der Waals surface area contributed by atoms with Crippen LogP contribution in [-0.2, 0) is 16.6 Å². The monoisotopic (exact) mass is 538 g/mol. The van der Waals surface area contributed by atoms with Gasteiger partial charge in [0.25, 0.3) is 5.91 Å². The van der Waals surface area contributed by atoms with Crippen molar-refractivity contribution in [3.05, 3.63) is 57.4 Å². The van der Waals surface area contributed by atoms with Crippen molar-refractivity contribution < 1.29 is 18.3 Å². The highest BCUT2D eigenvalue weighted by Gasteiger charge is 2.31. The average molecular weight is 538 g/mol. The van der Waals surface area contributed by atoms with Gasteiger partial charge in [0.1, 0.15) is 5.52 Å². The number of fused-ring (bicyclic) bond motifs is 1. The van der Waals surface area contributed by atoms with Crippen LogP contribution in [0.15, 0.2) is 42.6 Å². The summed E-state index contributed by atoms with van der Waals surface area (Å²) in [5.41, 5.74) is 0.790. The van der Waals surface area contributed by atoms with E-state index >= 15 is 0 Å². The number of sulfonamides is 1. The zero-order valence-electron chi connectivity index (χ0n) is 15.9. The quantitative estimate of drug-likeness (QED) is 0.495. The molecule has 2 N–H and O–H groups in total. The van der Waals surface area contributed by atoms with Crippen LogP contribution in [0, 0.1) is 3.57 Å². The summed E-state index contributed by atoms with van der Waals surface area (Å²) in [6.45, 7) is 0.516. The molecule has 0 aliphatic carbocycles. The van der Waals surface area contributed by atoms with E-state index in [0.29, 0.717) is 18.2 Å². The first-order valence-electron chi connectivity index (χ1n) is 9.37. The molecule has 0 saturated carbocycles. The van der Waals surface area contributed by atoms with E-state index in [-0.39, 0.29) is 41.6 Å². The van der Waals surface area contributed by atoms with Gasteiger partial charge >= 0.3 is 0 Å². The van der Waals surface area contributed by atoms with Gasteiger partial charge in [-0.25, -0.2) is 13.4 Å². The number of anilines is 1. The van der Waals surface area contributed by atoms with E-state index in [1.54, 1.807) is 12.1 Å². The topological polar surface area (TPSA) is 112 Å². The highest BCUT2D eigenvalue weighted by molar-refractivity contribution is 14.1. The minimum absolute atomic E-state index is 0.0193. The van der Waals surface area contributed by atoms with Gasteiger partial charge in [-0.15, -0.1) is 0 Å². The first-order valence-corrected chi connectivity index (χ1v) is 12.1. The summed E-state index contributed by atoms with van der Waals surface area (Å²) >= 11 is 2.19. The summed E-state index contributed by atoms with van der Waals surface area (Å²) in [5, 5.41) is 13.8. The van der Waals surface area contributed by atoms with E-state index in [4.69, 9.17) is 0 Å². The first-order chi connectivity index (χ1) is 14.4. The van der Waals surface area contributed by atoms with Crippen LogP contribution in [0.25, 0.3) is 10.9 Å². The molecule has 8 nitrogen and oxygen atoms in total. The standard InChI is InChI=1S/C20H19IN4O4S/c21-14-6-3-5-13(11-14)12-23-20(27)17-18(26)16-15(7-4-8-22-16)19(24-17)25-9-1-2-10-30(25,28)29/h3-8,11,26H,1-2,9-10,12H2,(H,23,27). The van der Waals surface area contributed by atoms with Gasteiger partial charge in [-0.05, 0) is 65.3 Å². The number of amides is 1. The number of nitrogens with one attached hydrogen (secondary N) is 1. The summed E-state index contributed by atoms with van der Waals surface area (Å²) < 4.78 is 27.5. The SMILES string of the molecule is O=C(NCc1cccc(I)c1)c1nc(N2CCCCS2(=O)=O)c2cccnc2c1O. The second kappa shape index (κ2) is 8.34. The lowest BCUT2D eigenvalue weighted by molar-refractivity contribution is 0.0943. The van der Waals surface area contributed by atoms with Gasteiger partial charge < -0.3 is 10.4 Å². The summed E-state index contributed by atoms with van der Waals surface area (Å²) in [6.07, 6.45) is 2.75. The van der Waals surface area contributed by atoms with Gasteiger partial charge in [0.2, 0.25) is 10.0 Å². The van der Waals surface area contributed by atoms with Crippen molar-refractivity contribution in [2.45, 2.75) is 19.4 Å². The second-order valence-electron chi connectivity index (χ2n) is 6.94. The third-order valence-corrected chi connectivity index (χ3v) is 7.36. The number of carbonyl (C=O) groups excluding carboxylic acids is 1. The number of hydrogen-bond donors (Lipinski definition) is 2. The molecule has 1 saturated heterocycles. The Morgan fingerprint density at radius 3 is 2.83 bits per heavy atom. The average Bonchev–Trinajstić information content (AvgIpc) is 2.73. The normalized spacial score (nSPS) is 15.8. The van der Waals surface area contributed by atoms with Crippen LogP contribution >= 0.6 is 22.6 Å². The Morgan fingerprint density at radius 2 is 2.07 bits per heavy atom. The molecule has 156 valence electrons. The molecule has 3 aromatic rings. The molecule has 0 spiro atoms. The molecule has 0 unspecified atom stereocenters. The van der Waals surface area contributed by atoms with Gasteiger partial charge in [-0.1, -0.05) is 12.1 Å². The summed E-state index contributed by atoms with van der Waals surface area (Å²) in [5.74, 6) is -0.834. The molecular weight excluding hydrogens is 519 g/mol. The molecule has 10 heteroatoms. The maximum absolute atomic E-state index is 12.8. The Morgan fingerprint density at radius 1 is 1.23 bits per heavy atom. The number of nitrogens with zero attached hydrogens (tertiary/aromatic N) is 3. The number of halogens is 1. The van der Waals surface area contributed by atoms with Crippen LogP contribution in [0.1, 0.15) is 28.9 Å². The summed E-state index contributed by atoms with van der Waals surface area (Å²) in [6, 6.07) is 10.9. The third-order valence-electron chi connectivity index (χ3n) is 4.86. The number of rotatable bonds is 4. The van der Waals surface area contributed by atoms with E-state index in [0.717, 1.165) is 9.13 Å². The van der Waals surface area contributed by atoms with Gasteiger partial charge in [-0.3, -0.25) is 14.1 Å². The van der Waals surface area contributed by atoms with Gasteiger partial charge in [0.05, 0.1) is 5.75 Å². The summed E-state index contributed by atoms with van der Waals surface area (Å²) in [4.78, 5) is 21.3. The van der Waals surface area contributed by atoms with Crippen LogP contribution in [0.5, 0.6) is 5.75 Å². The summed E-state index contributed by atoms with van der Waals surface area (Å²) in [7, 11) is -3.55. The van der Waals surface area contributed by atoms with Gasteiger partial charge in [-0.2, -0.15) is 0 Å². The Labute approximate surface area is 187 Å². The zero-order valence-corrected chi connectivity index (χ0v) is 18.9. The number of benzene rings is 1. The van der Waals surface area contributed by atoms with Crippen molar-refractivity contribution >= 4 is 55.2 Å². The Balaban J connectivity index is 1.74. The highest BCUT2D eigenvalue weighted by atomic mass is 127. The van der Waals surface area contributed by atoms with Crippen LogP contribution in [0.3, 0.4) is 0 Å². The van der Waals surface area contributed by atoms with Crippen LogP contribution in [0.2, 0.25) is 0 Å². The lowest BCUT2D eigenvalue weighted by Crippen LogP contribution is -2.39. The molecule has 30 heavy (non-hydrogen) atoms. The van der Waals surface area contributed by atoms with E-state index in [1.165, 1.54) is 10.5 Å². The number of hydrogen-bond acceptors (Lipinski definition) is 6. The highest BCUT2D eigenvalue weighted by Crippen LogP contribution is 2.34. The fraction of sp³-hybridized carbons (Fsp3) is 0.250. The number of aromatic nitrogens is 2. The zero-order chi connectivity index (χ0) is 21.3. The van der Waals surface area contributed by atoms with E-state index < -0.39 is 15.9 Å². The molecule has 1 amide bonds. The number of carbonyl (C=O) groups is 1. The van der Waals surface area contributed by atoms with E-state index in [9.17, 15) is 18.3 Å². The predicted octanol–water partition coefficient (Wildman–Crippen LogP) is 2.80. The lowest BCUT2D eigenvalue weighted by atomic mass is 10.1. The molecule has 1 aromatic carbocycles. The predicted molar refractivity (Wildman–Crippen MR) is 122 cm³/mol. The Bertz CT molecular complexity index is 1230. The maximum atomic E-state index is 12.8. The van der Waals surface area contributed by atoms with Crippen molar-refractivity contribution in [2.24, 2.45) is 0 Å². The number of pyridine rings is 2. The molecule has 0 radical (unpaired) electrons. The molecule has 4 rings (SSSR count). The van der Waals surface area contributed by atoms with Crippen molar-refractivity contribution in [3.8, 4) is 5.75 Å². The van der Waals surface area contributed by atoms with Gasteiger partial charge in [0, 0.05) is 28.2 Å². The molecule has 3 heterocycles. The first kappa shape index (κ1) is 20.8. The van der Waals surface area contributed by atoms with Crippen molar-refractivity contribution in [1.29, 1.82) is 0 Å². The minimum atomic E-state index is -3.55. The molecule has 1 aliphatic heterocycles. The fourth-order valence-corrected chi connectivity index (χ4v) is 5.60. The third kappa shape index (κ3) is 4.06. The van der Waals surface area contributed by atoms with Crippen LogP contribution in [0.4, 0.5) is 5.82 Å². The fourth-order valence-electron chi connectivity index (χ4n) is 3.39. The van der Waals surface area contributed by atoms with Gasteiger partial charge in [0.15, 0.2) is 17.3 Å². The molecule has 0 atom stereocenters. The second-order valence-corrected chi connectivity index (χ2v) is 10.2. The lowest BCUT2D eigenvalue weighted by Gasteiger charge is -2.28. The molecule has 0 bridgehead atoms.